The molecule has 0 fully saturated rings. The number of amides is 1. The summed E-state index contributed by atoms with van der Waals surface area (Å²) in [5.74, 6) is -0.793. The van der Waals surface area contributed by atoms with Gasteiger partial charge < -0.3 is 11.1 Å². The zero-order valence-corrected chi connectivity index (χ0v) is 11.0. The Morgan fingerprint density at radius 2 is 2.28 bits per heavy atom. The number of nitrogens with one attached hydrogen (secondary N) is 1. The molecule has 1 aromatic heterocycles. The molecule has 0 saturated carbocycles. The number of anilines is 2. The van der Waals surface area contributed by atoms with E-state index in [1.165, 1.54) is 29.1 Å². The van der Waals surface area contributed by atoms with Crippen LogP contribution in [0.5, 0.6) is 0 Å². The molecule has 2 aromatic rings. The average molecular weight is 313 g/mol. The van der Waals surface area contributed by atoms with Crippen LogP contribution in [0.25, 0.3) is 0 Å². The third-order valence-corrected chi connectivity index (χ3v) is 2.97. The molecule has 0 unspecified atom stereocenters. The second kappa shape index (κ2) is 4.77. The second-order valence-corrected chi connectivity index (χ2v) is 4.51. The first-order valence-corrected chi connectivity index (χ1v) is 5.82. The lowest BCUT2D eigenvalue weighted by Crippen LogP contribution is -2.17. The van der Waals surface area contributed by atoms with Crippen LogP contribution in [0, 0.1) is 5.82 Å². The number of hydrogen-bond acceptors (Lipinski definition) is 3. The van der Waals surface area contributed by atoms with E-state index in [4.69, 9.17) is 5.73 Å². The molecule has 1 aromatic carbocycles. The maximum Gasteiger partial charge on any atom is 0.276 e. The highest BCUT2D eigenvalue weighted by Crippen LogP contribution is 2.21. The van der Waals surface area contributed by atoms with Crippen LogP contribution in [-0.2, 0) is 7.05 Å². The van der Waals surface area contributed by atoms with Crippen molar-refractivity contribution in [2.45, 2.75) is 0 Å². The molecule has 1 amide bonds. The summed E-state index contributed by atoms with van der Waals surface area (Å²) in [6.07, 6.45) is 1.40. The maximum atomic E-state index is 13.0. The van der Waals surface area contributed by atoms with Crippen LogP contribution in [0.2, 0.25) is 0 Å². The van der Waals surface area contributed by atoms with Gasteiger partial charge in [0.05, 0.1) is 16.4 Å². The number of carbonyl (C=O) groups is 1. The maximum absolute atomic E-state index is 13.0. The summed E-state index contributed by atoms with van der Waals surface area (Å²) in [5, 5.41) is 6.49. The van der Waals surface area contributed by atoms with Gasteiger partial charge in [-0.15, -0.1) is 0 Å². The lowest BCUT2D eigenvalue weighted by Gasteiger charge is -2.07. The van der Waals surface area contributed by atoms with Gasteiger partial charge >= 0.3 is 0 Å². The fourth-order valence-corrected chi connectivity index (χ4v) is 1.88. The van der Waals surface area contributed by atoms with Gasteiger partial charge in [0.1, 0.15) is 11.5 Å². The van der Waals surface area contributed by atoms with E-state index in [-0.39, 0.29) is 15.9 Å². The van der Waals surface area contributed by atoms with Crippen LogP contribution in [0.15, 0.2) is 28.9 Å². The van der Waals surface area contributed by atoms with Crippen molar-refractivity contribution in [3.8, 4) is 0 Å². The van der Waals surface area contributed by atoms with E-state index in [9.17, 15) is 9.18 Å². The number of halogens is 2. The average Bonchev–Trinajstić information content (AvgIpc) is 2.64. The minimum absolute atomic E-state index is 0.260. The quantitative estimate of drug-likeness (QED) is 0.892. The molecule has 0 aliphatic rings. The molecule has 0 atom stereocenters. The normalized spacial score (nSPS) is 10.4. The summed E-state index contributed by atoms with van der Waals surface area (Å²) in [6, 6.07) is 4.19. The van der Waals surface area contributed by atoms with Gasteiger partial charge in [0.15, 0.2) is 0 Å². The minimum atomic E-state index is -0.397. The van der Waals surface area contributed by atoms with Gasteiger partial charge in [-0.05, 0) is 34.1 Å². The van der Waals surface area contributed by atoms with Crippen molar-refractivity contribution in [3.05, 3.63) is 40.4 Å². The van der Waals surface area contributed by atoms with E-state index >= 15 is 0 Å². The van der Waals surface area contributed by atoms with Gasteiger partial charge in [-0.25, -0.2) is 4.39 Å². The first kappa shape index (κ1) is 12.6. The highest BCUT2D eigenvalue weighted by atomic mass is 79.9. The number of nitrogen functional groups attached to an aromatic ring is 1. The molecule has 18 heavy (non-hydrogen) atoms. The molecule has 0 bridgehead atoms. The Balaban J connectivity index is 2.24. The molecule has 7 heteroatoms. The number of rotatable bonds is 2. The molecule has 0 spiro atoms. The minimum Gasteiger partial charge on any atom is -0.396 e. The molecule has 1 heterocycles. The van der Waals surface area contributed by atoms with Gasteiger partial charge in [-0.3, -0.25) is 9.48 Å². The van der Waals surface area contributed by atoms with Crippen LogP contribution < -0.4 is 11.1 Å². The Morgan fingerprint density at radius 3 is 2.83 bits per heavy atom. The highest BCUT2D eigenvalue weighted by Gasteiger charge is 2.15. The molecule has 5 nitrogen and oxygen atoms in total. The first-order chi connectivity index (χ1) is 8.49. The van der Waals surface area contributed by atoms with Gasteiger partial charge in [-0.1, -0.05) is 0 Å². The predicted molar refractivity (Wildman–Crippen MR) is 69.7 cm³/mol. The van der Waals surface area contributed by atoms with E-state index < -0.39 is 11.7 Å². The predicted octanol–water partition coefficient (Wildman–Crippen LogP) is 2.16. The Bertz CT molecular complexity index is 592. The van der Waals surface area contributed by atoms with E-state index in [1.54, 1.807) is 7.05 Å². The molecule has 0 aliphatic heterocycles. The van der Waals surface area contributed by atoms with Crippen LogP contribution >= 0.6 is 15.9 Å². The number of hydrogen-bond donors (Lipinski definition) is 2. The molecule has 3 N–H and O–H groups in total. The number of aromatic nitrogens is 2. The number of nitrogens with zero attached hydrogens (tertiary/aromatic N) is 2. The van der Waals surface area contributed by atoms with Crippen LogP contribution in [0.1, 0.15) is 10.5 Å². The topological polar surface area (TPSA) is 72.9 Å². The van der Waals surface area contributed by atoms with Crippen molar-refractivity contribution in [2.24, 2.45) is 7.05 Å². The summed E-state index contributed by atoms with van der Waals surface area (Å²) >= 11 is 3.05. The first-order valence-electron chi connectivity index (χ1n) is 5.03. The molecule has 0 aliphatic carbocycles. The highest BCUT2D eigenvalue weighted by molar-refractivity contribution is 9.10. The summed E-state index contributed by atoms with van der Waals surface area (Å²) < 4.78 is 14.7. The summed E-state index contributed by atoms with van der Waals surface area (Å²) in [4.78, 5) is 12.0. The van der Waals surface area contributed by atoms with Gasteiger partial charge in [0, 0.05) is 12.7 Å². The Labute approximate surface area is 111 Å². The third-order valence-electron chi connectivity index (χ3n) is 2.36. The summed E-state index contributed by atoms with van der Waals surface area (Å²) in [6.45, 7) is 0. The Hall–Kier alpha value is -1.89. The molecule has 0 radical (unpaired) electrons. The molecule has 2 rings (SSSR count). The van der Waals surface area contributed by atoms with Crippen molar-refractivity contribution in [1.29, 1.82) is 0 Å². The largest absolute Gasteiger partial charge is 0.396 e. The fourth-order valence-electron chi connectivity index (χ4n) is 1.50. The number of nitrogens with two attached hydrogens (primary N) is 1. The van der Waals surface area contributed by atoms with Crippen molar-refractivity contribution in [3.63, 3.8) is 0 Å². The van der Waals surface area contributed by atoms with Crippen molar-refractivity contribution in [1.82, 2.24) is 9.78 Å². The van der Waals surface area contributed by atoms with E-state index in [0.29, 0.717) is 5.69 Å². The number of benzene rings is 1. The Kier molecular flexibility index (Phi) is 3.33. The van der Waals surface area contributed by atoms with E-state index in [2.05, 4.69) is 26.3 Å². The van der Waals surface area contributed by atoms with Crippen molar-refractivity contribution >= 4 is 33.2 Å². The third kappa shape index (κ3) is 2.35. The van der Waals surface area contributed by atoms with E-state index in [1.807, 2.05) is 0 Å². The van der Waals surface area contributed by atoms with E-state index in [0.717, 1.165) is 0 Å². The molecular formula is C11H10BrFN4O. The smallest absolute Gasteiger partial charge is 0.276 e. The Morgan fingerprint density at radius 1 is 1.56 bits per heavy atom. The van der Waals surface area contributed by atoms with Crippen LogP contribution in [0.4, 0.5) is 15.8 Å². The van der Waals surface area contributed by atoms with Gasteiger partial charge in [-0.2, -0.15) is 5.10 Å². The van der Waals surface area contributed by atoms with Crippen molar-refractivity contribution in [2.75, 3.05) is 11.1 Å². The molecule has 0 saturated heterocycles. The molecular weight excluding hydrogens is 303 g/mol. The van der Waals surface area contributed by atoms with Crippen LogP contribution in [0.3, 0.4) is 0 Å². The SMILES string of the molecule is Cn1ncc(N)c1C(=O)Nc1ccc(F)c(Br)c1. The second-order valence-electron chi connectivity index (χ2n) is 3.66. The van der Waals surface area contributed by atoms with Crippen LogP contribution in [-0.4, -0.2) is 15.7 Å². The summed E-state index contributed by atoms with van der Waals surface area (Å²) in [5.41, 5.74) is 6.65. The van der Waals surface area contributed by atoms with Gasteiger partial charge in [0.25, 0.3) is 5.91 Å². The zero-order valence-electron chi connectivity index (χ0n) is 9.45. The number of aryl methyl sites for hydroxylation is 1. The standard InChI is InChI=1S/C11H10BrFN4O/c1-17-10(9(14)5-15-17)11(18)16-6-2-3-8(13)7(12)4-6/h2-5H,14H2,1H3,(H,16,18). The van der Waals surface area contributed by atoms with Crippen molar-refractivity contribution < 1.29 is 9.18 Å². The summed E-state index contributed by atoms with van der Waals surface area (Å²) in [7, 11) is 1.62. The zero-order chi connectivity index (χ0) is 13.3. The molecule has 94 valence electrons. The fraction of sp³-hybridized carbons (Fsp3) is 0.0909. The lowest BCUT2D eigenvalue weighted by molar-refractivity contribution is 0.101. The number of carbonyl (C=O) groups excluding carboxylic acids is 1. The van der Waals surface area contributed by atoms with Gasteiger partial charge in [0.2, 0.25) is 0 Å². The monoisotopic (exact) mass is 312 g/mol. The lowest BCUT2D eigenvalue weighted by atomic mass is 10.3.